The van der Waals surface area contributed by atoms with Gasteiger partial charge in [0.05, 0.1) is 12.8 Å². The van der Waals surface area contributed by atoms with Gasteiger partial charge >= 0.3 is 0 Å². The van der Waals surface area contributed by atoms with Crippen molar-refractivity contribution in [1.82, 2.24) is 9.55 Å². The van der Waals surface area contributed by atoms with Crippen LogP contribution < -0.4 is 4.74 Å². The number of nitriles is 1. The van der Waals surface area contributed by atoms with Crippen LogP contribution >= 0.6 is 0 Å². The van der Waals surface area contributed by atoms with Gasteiger partial charge in [-0.25, -0.2) is 4.98 Å². The molecule has 1 heterocycles. The number of rotatable bonds is 4. The van der Waals surface area contributed by atoms with Crippen LogP contribution in [0.25, 0.3) is 0 Å². The fourth-order valence-corrected chi connectivity index (χ4v) is 2.39. The fraction of sp³-hybridized carbons (Fsp3) is 0.375. The van der Waals surface area contributed by atoms with Gasteiger partial charge in [0.2, 0.25) is 0 Å². The third-order valence-electron chi connectivity index (χ3n) is 3.65. The highest BCUT2D eigenvalue weighted by atomic mass is 16.5. The van der Waals surface area contributed by atoms with E-state index in [1.54, 1.807) is 7.11 Å². The summed E-state index contributed by atoms with van der Waals surface area (Å²) in [6.45, 7) is 3.96. The van der Waals surface area contributed by atoms with E-state index in [4.69, 9.17) is 10.00 Å². The number of hydrogen-bond acceptors (Lipinski definition) is 3. The number of aromatic nitrogens is 2. The van der Waals surface area contributed by atoms with E-state index >= 15 is 0 Å². The molecule has 0 saturated carbocycles. The summed E-state index contributed by atoms with van der Waals surface area (Å²) in [7, 11) is 3.64. The van der Waals surface area contributed by atoms with Crippen LogP contribution in [0.3, 0.4) is 0 Å². The molecule has 1 aromatic carbocycles. The summed E-state index contributed by atoms with van der Waals surface area (Å²) in [5, 5.41) is 9.12. The Morgan fingerprint density at radius 1 is 1.30 bits per heavy atom. The minimum Gasteiger partial charge on any atom is -0.496 e. The number of benzene rings is 1. The molecule has 0 fully saturated rings. The van der Waals surface area contributed by atoms with Crippen molar-refractivity contribution in [2.45, 2.75) is 26.7 Å². The first kappa shape index (κ1) is 14.1. The van der Waals surface area contributed by atoms with E-state index in [0.29, 0.717) is 5.69 Å². The largest absolute Gasteiger partial charge is 0.496 e. The lowest BCUT2D eigenvalue weighted by Crippen LogP contribution is -2.02. The van der Waals surface area contributed by atoms with Crippen LogP contribution in [0.15, 0.2) is 18.2 Å². The van der Waals surface area contributed by atoms with E-state index in [-0.39, 0.29) is 0 Å². The maximum atomic E-state index is 9.12. The van der Waals surface area contributed by atoms with E-state index < -0.39 is 0 Å². The van der Waals surface area contributed by atoms with Crippen LogP contribution in [0.5, 0.6) is 5.75 Å². The highest BCUT2D eigenvalue weighted by Crippen LogP contribution is 2.20. The molecule has 0 aliphatic heterocycles. The van der Waals surface area contributed by atoms with E-state index in [0.717, 1.165) is 35.7 Å². The first-order valence-electron chi connectivity index (χ1n) is 6.62. The lowest BCUT2D eigenvalue weighted by Gasteiger charge is -2.08. The second kappa shape index (κ2) is 5.79. The molecule has 0 spiro atoms. The van der Waals surface area contributed by atoms with Crippen molar-refractivity contribution in [2.75, 3.05) is 7.11 Å². The molecule has 0 unspecified atom stereocenters. The maximum Gasteiger partial charge on any atom is 0.161 e. The number of ether oxygens (including phenoxy) is 1. The Kier molecular flexibility index (Phi) is 4.09. The molecule has 4 heteroatoms. The molecule has 0 radical (unpaired) electrons. The van der Waals surface area contributed by atoms with Crippen LogP contribution in [0.2, 0.25) is 0 Å². The van der Waals surface area contributed by atoms with Gasteiger partial charge in [0.1, 0.15) is 17.6 Å². The third-order valence-corrected chi connectivity index (χ3v) is 3.65. The van der Waals surface area contributed by atoms with Crippen molar-refractivity contribution in [2.24, 2.45) is 7.05 Å². The molecule has 104 valence electrons. The molecule has 2 aromatic rings. The van der Waals surface area contributed by atoms with Crippen molar-refractivity contribution in [3.05, 3.63) is 46.5 Å². The van der Waals surface area contributed by atoms with Crippen LogP contribution in [0, 0.1) is 25.2 Å². The topological polar surface area (TPSA) is 50.8 Å². The van der Waals surface area contributed by atoms with Crippen molar-refractivity contribution >= 4 is 0 Å². The van der Waals surface area contributed by atoms with Crippen LogP contribution in [-0.4, -0.2) is 16.7 Å². The van der Waals surface area contributed by atoms with Gasteiger partial charge < -0.3 is 9.30 Å². The quantitative estimate of drug-likeness (QED) is 0.857. The summed E-state index contributed by atoms with van der Waals surface area (Å²) >= 11 is 0. The molecule has 0 aliphatic carbocycles. The van der Waals surface area contributed by atoms with Crippen molar-refractivity contribution in [3.8, 4) is 11.8 Å². The number of aryl methyl sites for hydroxylation is 3. The summed E-state index contributed by atoms with van der Waals surface area (Å²) in [4.78, 5) is 4.27. The second-order valence-electron chi connectivity index (χ2n) is 4.93. The molecule has 0 aliphatic rings. The van der Waals surface area contributed by atoms with E-state index in [1.165, 1.54) is 5.56 Å². The molecule has 2 rings (SSSR count). The fourth-order valence-electron chi connectivity index (χ4n) is 2.39. The third kappa shape index (κ3) is 2.67. The predicted octanol–water partition coefficient (Wildman–Crippen LogP) is 2.70. The van der Waals surface area contributed by atoms with Gasteiger partial charge in [-0.15, -0.1) is 0 Å². The Bertz CT molecular complexity index is 665. The summed E-state index contributed by atoms with van der Waals surface area (Å²) < 4.78 is 7.26. The van der Waals surface area contributed by atoms with E-state index in [2.05, 4.69) is 23.2 Å². The standard InChI is InChI=1S/C16H19N3O/c1-11-9-13(6-8-16(11)20-4)5-7-15-14(10-17)18-12(2)19(15)3/h6,8-9H,5,7H2,1-4H3. The monoisotopic (exact) mass is 269 g/mol. The van der Waals surface area contributed by atoms with Gasteiger partial charge in [0.25, 0.3) is 0 Å². The minimum absolute atomic E-state index is 0.537. The summed E-state index contributed by atoms with van der Waals surface area (Å²) in [5.41, 5.74) is 3.91. The Morgan fingerprint density at radius 3 is 2.65 bits per heavy atom. The van der Waals surface area contributed by atoms with Crippen molar-refractivity contribution in [1.29, 1.82) is 5.26 Å². The lowest BCUT2D eigenvalue weighted by atomic mass is 10.0. The lowest BCUT2D eigenvalue weighted by molar-refractivity contribution is 0.411. The van der Waals surface area contributed by atoms with Crippen LogP contribution in [-0.2, 0) is 19.9 Å². The van der Waals surface area contributed by atoms with Gasteiger partial charge in [0.15, 0.2) is 5.69 Å². The summed E-state index contributed by atoms with van der Waals surface area (Å²) in [6, 6.07) is 8.37. The molecular weight excluding hydrogens is 250 g/mol. The molecule has 4 nitrogen and oxygen atoms in total. The predicted molar refractivity (Wildman–Crippen MR) is 77.8 cm³/mol. The molecule has 0 atom stereocenters. The Labute approximate surface area is 119 Å². The number of methoxy groups -OCH3 is 1. The molecule has 1 aromatic heterocycles. The average molecular weight is 269 g/mol. The molecular formula is C16H19N3O. The van der Waals surface area contributed by atoms with Gasteiger partial charge in [-0.2, -0.15) is 5.26 Å². The normalized spacial score (nSPS) is 10.3. The second-order valence-corrected chi connectivity index (χ2v) is 4.93. The van der Waals surface area contributed by atoms with E-state index in [9.17, 15) is 0 Å². The zero-order chi connectivity index (χ0) is 14.7. The highest BCUT2D eigenvalue weighted by molar-refractivity contribution is 5.37. The Balaban J connectivity index is 2.17. The average Bonchev–Trinajstić information content (AvgIpc) is 2.72. The van der Waals surface area contributed by atoms with Crippen molar-refractivity contribution in [3.63, 3.8) is 0 Å². The SMILES string of the molecule is COc1ccc(CCc2c(C#N)nc(C)n2C)cc1C. The van der Waals surface area contributed by atoms with Gasteiger partial charge in [0, 0.05) is 7.05 Å². The van der Waals surface area contributed by atoms with Gasteiger partial charge in [-0.3, -0.25) is 0 Å². The molecule has 0 N–H and O–H groups in total. The molecule has 0 saturated heterocycles. The summed E-state index contributed by atoms with van der Waals surface area (Å²) in [5.74, 6) is 1.78. The van der Waals surface area contributed by atoms with Gasteiger partial charge in [-0.05, 0) is 43.9 Å². The first-order chi connectivity index (χ1) is 9.56. The minimum atomic E-state index is 0.537. The zero-order valence-corrected chi connectivity index (χ0v) is 12.4. The Morgan fingerprint density at radius 2 is 2.05 bits per heavy atom. The number of imidazole rings is 1. The Hall–Kier alpha value is -2.28. The van der Waals surface area contributed by atoms with E-state index in [1.807, 2.05) is 31.5 Å². The number of nitrogens with zero attached hydrogens (tertiary/aromatic N) is 3. The smallest absolute Gasteiger partial charge is 0.161 e. The molecule has 0 bridgehead atoms. The zero-order valence-electron chi connectivity index (χ0n) is 12.4. The van der Waals surface area contributed by atoms with Crippen LogP contribution in [0.1, 0.15) is 28.3 Å². The maximum absolute atomic E-state index is 9.12. The summed E-state index contributed by atoms with van der Waals surface area (Å²) in [6.07, 6.45) is 1.70. The molecule has 20 heavy (non-hydrogen) atoms. The number of hydrogen-bond donors (Lipinski definition) is 0. The first-order valence-corrected chi connectivity index (χ1v) is 6.62. The molecule has 0 amide bonds. The highest BCUT2D eigenvalue weighted by Gasteiger charge is 2.11. The van der Waals surface area contributed by atoms with Crippen molar-refractivity contribution < 1.29 is 4.74 Å². The van der Waals surface area contributed by atoms with Crippen LogP contribution in [0.4, 0.5) is 0 Å². The van der Waals surface area contributed by atoms with Gasteiger partial charge in [-0.1, -0.05) is 12.1 Å².